The Morgan fingerprint density at radius 3 is 2.58 bits per heavy atom. The monoisotopic (exact) mass is 423 g/mol. The summed E-state index contributed by atoms with van der Waals surface area (Å²) in [6, 6.07) is 13.8. The van der Waals surface area contributed by atoms with Crippen molar-refractivity contribution >= 4 is 28.8 Å². The SMILES string of the molecule is CCCNC(=O)[C@@H](C)NC(=O)COC(=O)c1ccc(Cn2nnc3ccccc32)cc1. The highest BCUT2D eigenvalue weighted by atomic mass is 16.5. The summed E-state index contributed by atoms with van der Waals surface area (Å²) in [5.41, 5.74) is 3.01. The minimum absolute atomic E-state index is 0.280. The molecule has 2 N–H and O–H groups in total. The molecule has 2 aromatic carbocycles. The zero-order valence-electron chi connectivity index (χ0n) is 17.5. The molecule has 0 unspecified atom stereocenters. The average molecular weight is 423 g/mol. The quantitative estimate of drug-likeness (QED) is 0.506. The summed E-state index contributed by atoms with van der Waals surface area (Å²) in [5.74, 6) is -1.43. The lowest BCUT2D eigenvalue weighted by molar-refractivity contribution is -0.130. The first-order valence-corrected chi connectivity index (χ1v) is 10.1. The molecule has 3 rings (SSSR count). The van der Waals surface area contributed by atoms with E-state index in [0.29, 0.717) is 18.7 Å². The smallest absolute Gasteiger partial charge is 0.338 e. The Labute approximate surface area is 179 Å². The van der Waals surface area contributed by atoms with Gasteiger partial charge in [0, 0.05) is 6.54 Å². The number of aromatic nitrogens is 3. The summed E-state index contributed by atoms with van der Waals surface area (Å²) in [6.45, 7) is 4.10. The second-order valence-corrected chi connectivity index (χ2v) is 7.09. The molecule has 9 heteroatoms. The van der Waals surface area contributed by atoms with Crippen LogP contribution in [0.2, 0.25) is 0 Å². The molecule has 0 aliphatic carbocycles. The largest absolute Gasteiger partial charge is 0.452 e. The van der Waals surface area contributed by atoms with Gasteiger partial charge in [-0.15, -0.1) is 5.10 Å². The molecule has 0 radical (unpaired) electrons. The van der Waals surface area contributed by atoms with E-state index < -0.39 is 24.5 Å². The van der Waals surface area contributed by atoms with Gasteiger partial charge in [0.25, 0.3) is 5.91 Å². The van der Waals surface area contributed by atoms with Gasteiger partial charge in [-0.05, 0) is 43.2 Å². The Bertz CT molecular complexity index is 1060. The number of amides is 2. The first-order chi connectivity index (χ1) is 15.0. The Kier molecular flexibility index (Phi) is 7.31. The number of para-hydroxylation sites is 1. The lowest BCUT2D eigenvalue weighted by Gasteiger charge is -2.13. The summed E-state index contributed by atoms with van der Waals surface area (Å²) in [5, 5.41) is 13.5. The van der Waals surface area contributed by atoms with E-state index >= 15 is 0 Å². The minimum Gasteiger partial charge on any atom is -0.452 e. The van der Waals surface area contributed by atoms with Gasteiger partial charge in [0.1, 0.15) is 11.6 Å². The Morgan fingerprint density at radius 2 is 1.84 bits per heavy atom. The number of nitrogens with zero attached hydrogens (tertiary/aromatic N) is 3. The van der Waals surface area contributed by atoms with E-state index in [9.17, 15) is 14.4 Å². The van der Waals surface area contributed by atoms with Crippen LogP contribution < -0.4 is 10.6 Å². The van der Waals surface area contributed by atoms with Crippen molar-refractivity contribution in [1.82, 2.24) is 25.6 Å². The summed E-state index contributed by atoms with van der Waals surface area (Å²) in [7, 11) is 0. The number of fused-ring (bicyclic) bond motifs is 1. The van der Waals surface area contributed by atoms with Crippen LogP contribution in [-0.2, 0) is 20.9 Å². The molecule has 1 atom stereocenters. The van der Waals surface area contributed by atoms with Crippen LogP contribution in [0.4, 0.5) is 0 Å². The molecule has 0 saturated carbocycles. The van der Waals surface area contributed by atoms with Gasteiger partial charge in [-0.2, -0.15) is 0 Å². The number of esters is 1. The van der Waals surface area contributed by atoms with Gasteiger partial charge in [-0.1, -0.05) is 36.4 Å². The van der Waals surface area contributed by atoms with Crippen LogP contribution in [0.25, 0.3) is 11.0 Å². The van der Waals surface area contributed by atoms with Crippen molar-refractivity contribution < 1.29 is 19.1 Å². The molecule has 1 aromatic heterocycles. The normalized spacial score (nSPS) is 11.7. The first kappa shape index (κ1) is 21.9. The van der Waals surface area contributed by atoms with E-state index in [1.54, 1.807) is 35.9 Å². The van der Waals surface area contributed by atoms with E-state index in [1.165, 1.54) is 0 Å². The summed E-state index contributed by atoms with van der Waals surface area (Å²) >= 11 is 0. The lowest BCUT2D eigenvalue weighted by Crippen LogP contribution is -2.46. The van der Waals surface area contributed by atoms with Crippen molar-refractivity contribution in [3.8, 4) is 0 Å². The van der Waals surface area contributed by atoms with Crippen LogP contribution in [0, 0.1) is 0 Å². The molecule has 1 heterocycles. The van der Waals surface area contributed by atoms with E-state index in [2.05, 4.69) is 20.9 Å². The number of hydrogen-bond acceptors (Lipinski definition) is 6. The Hall–Kier alpha value is -3.75. The second kappa shape index (κ2) is 10.3. The molecule has 9 nitrogen and oxygen atoms in total. The number of carbonyl (C=O) groups is 3. The Morgan fingerprint density at radius 1 is 1.10 bits per heavy atom. The van der Waals surface area contributed by atoms with Gasteiger partial charge in [-0.25, -0.2) is 9.48 Å². The zero-order valence-corrected chi connectivity index (χ0v) is 17.5. The van der Waals surface area contributed by atoms with Gasteiger partial charge in [0.05, 0.1) is 17.6 Å². The molecule has 2 amide bonds. The molecule has 0 fully saturated rings. The fourth-order valence-corrected chi connectivity index (χ4v) is 2.92. The highest BCUT2D eigenvalue weighted by molar-refractivity contribution is 5.92. The Balaban J connectivity index is 1.50. The number of nitrogens with one attached hydrogen (secondary N) is 2. The molecule has 3 aromatic rings. The maximum absolute atomic E-state index is 12.2. The summed E-state index contributed by atoms with van der Waals surface area (Å²) in [6.07, 6.45) is 0.804. The van der Waals surface area contributed by atoms with Crippen LogP contribution in [0.3, 0.4) is 0 Å². The topological polar surface area (TPSA) is 115 Å². The molecule has 0 aliphatic heterocycles. The van der Waals surface area contributed by atoms with E-state index in [0.717, 1.165) is 23.0 Å². The highest BCUT2D eigenvalue weighted by Gasteiger charge is 2.16. The maximum Gasteiger partial charge on any atom is 0.338 e. The van der Waals surface area contributed by atoms with Gasteiger partial charge < -0.3 is 15.4 Å². The third-order valence-corrected chi connectivity index (χ3v) is 4.60. The summed E-state index contributed by atoms with van der Waals surface area (Å²) < 4.78 is 6.83. The van der Waals surface area contributed by atoms with Gasteiger partial charge in [-0.3, -0.25) is 9.59 Å². The van der Waals surface area contributed by atoms with E-state index in [1.807, 2.05) is 31.2 Å². The fourth-order valence-electron chi connectivity index (χ4n) is 2.92. The number of benzene rings is 2. The lowest BCUT2D eigenvalue weighted by atomic mass is 10.1. The minimum atomic E-state index is -0.704. The molecular formula is C22H25N5O4. The van der Waals surface area contributed by atoms with Crippen LogP contribution in [-0.4, -0.2) is 52.0 Å². The van der Waals surface area contributed by atoms with Crippen molar-refractivity contribution in [1.29, 1.82) is 0 Å². The molecule has 0 aliphatic rings. The third kappa shape index (κ3) is 5.88. The summed E-state index contributed by atoms with van der Waals surface area (Å²) in [4.78, 5) is 35.9. The number of hydrogen-bond donors (Lipinski definition) is 2. The molecule has 0 spiro atoms. The van der Waals surface area contributed by atoms with Crippen molar-refractivity contribution in [2.24, 2.45) is 0 Å². The third-order valence-electron chi connectivity index (χ3n) is 4.60. The zero-order chi connectivity index (χ0) is 22.2. The molecule has 162 valence electrons. The molecular weight excluding hydrogens is 398 g/mol. The number of ether oxygens (including phenoxy) is 1. The van der Waals surface area contributed by atoms with E-state index in [4.69, 9.17) is 4.74 Å². The van der Waals surface area contributed by atoms with Crippen molar-refractivity contribution in [3.63, 3.8) is 0 Å². The maximum atomic E-state index is 12.2. The van der Waals surface area contributed by atoms with Crippen LogP contribution in [0.5, 0.6) is 0 Å². The molecule has 31 heavy (non-hydrogen) atoms. The first-order valence-electron chi connectivity index (χ1n) is 10.1. The van der Waals surface area contributed by atoms with Crippen LogP contribution in [0.15, 0.2) is 48.5 Å². The van der Waals surface area contributed by atoms with Crippen LogP contribution >= 0.6 is 0 Å². The van der Waals surface area contributed by atoms with Crippen LogP contribution in [0.1, 0.15) is 36.2 Å². The van der Waals surface area contributed by atoms with Gasteiger partial charge in [0.2, 0.25) is 5.91 Å². The average Bonchev–Trinajstić information content (AvgIpc) is 3.19. The molecule has 0 saturated heterocycles. The molecule has 0 bridgehead atoms. The van der Waals surface area contributed by atoms with Gasteiger partial charge in [0.15, 0.2) is 6.61 Å². The van der Waals surface area contributed by atoms with Crippen molar-refractivity contribution in [2.75, 3.05) is 13.2 Å². The fraction of sp³-hybridized carbons (Fsp3) is 0.318. The highest BCUT2D eigenvalue weighted by Crippen LogP contribution is 2.13. The van der Waals surface area contributed by atoms with Gasteiger partial charge >= 0.3 is 5.97 Å². The predicted octanol–water partition coefficient (Wildman–Crippen LogP) is 1.67. The number of rotatable bonds is 9. The van der Waals surface area contributed by atoms with E-state index in [-0.39, 0.29) is 5.91 Å². The number of carbonyl (C=O) groups excluding carboxylic acids is 3. The standard InChI is InChI=1S/C22H25N5O4/c1-3-12-23-21(29)15(2)24-20(28)14-31-22(30)17-10-8-16(9-11-17)13-27-19-7-5-4-6-18(19)25-26-27/h4-11,15H,3,12-14H2,1-2H3,(H,23,29)(H,24,28)/t15-/m1/s1. The second-order valence-electron chi connectivity index (χ2n) is 7.09. The van der Waals surface area contributed by atoms with Crippen molar-refractivity contribution in [3.05, 3.63) is 59.7 Å². The van der Waals surface area contributed by atoms with Crippen molar-refractivity contribution in [2.45, 2.75) is 32.9 Å². The predicted molar refractivity (Wildman–Crippen MR) is 114 cm³/mol.